The molecule has 1 fully saturated rings. The van der Waals surface area contributed by atoms with Gasteiger partial charge in [-0.15, -0.1) is 0 Å². The molecule has 0 bridgehead atoms. The number of imide groups is 1. The Morgan fingerprint density at radius 1 is 0.897 bits per heavy atom. The van der Waals surface area contributed by atoms with Crippen LogP contribution in [0.4, 0.5) is 4.79 Å². The molecular weight excluding hydrogens is 406 g/mol. The van der Waals surface area contributed by atoms with Gasteiger partial charge in [-0.3, -0.25) is 14.5 Å². The first kappa shape index (κ1) is 19.3. The molecule has 0 N–H and O–H groups in total. The number of nitrogens with zero attached hydrogens (tertiary/aromatic N) is 1. The molecule has 3 aromatic carbocycles. The number of carbonyl (C=O) groups is 2. The van der Waals surface area contributed by atoms with Crippen molar-refractivity contribution in [2.45, 2.75) is 6.54 Å². The average Bonchev–Trinajstić information content (AvgIpc) is 2.98. The lowest BCUT2D eigenvalue weighted by Gasteiger charge is -2.12. The molecule has 144 valence electrons. The van der Waals surface area contributed by atoms with E-state index in [4.69, 9.17) is 16.3 Å². The minimum atomic E-state index is -0.302. The molecule has 0 aromatic heterocycles. The van der Waals surface area contributed by atoms with Crippen molar-refractivity contribution in [3.8, 4) is 11.5 Å². The first-order valence-corrected chi connectivity index (χ1v) is 10.1. The van der Waals surface area contributed by atoms with Gasteiger partial charge >= 0.3 is 0 Å². The fourth-order valence-corrected chi connectivity index (χ4v) is 3.82. The number of thioether (sulfide) groups is 1. The van der Waals surface area contributed by atoms with E-state index in [9.17, 15) is 9.59 Å². The summed E-state index contributed by atoms with van der Waals surface area (Å²) in [5, 5.41) is 0.327. The standard InChI is InChI=1S/C23H16ClNO3S/c24-18-11-9-16(10-12-18)15-25-22(26)21(29-23(25)27)14-17-5-4-8-20(13-17)28-19-6-2-1-3-7-19/h1-14H,15H2/b21-14+. The van der Waals surface area contributed by atoms with Gasteiger partial charge in [0, 0.05) is 5.02 Å². The maximum absolute atomic E-state index is 12.7. The zero-order valence-electron chi connectivity index (χ0n) is 15.2. The number of hydrogen-bond acceptors (Lipinski definition) is 4. The van der Waals surface area contributed by atoms with Crippen molar-refractivity contribution < 1.29 is 14.3 Å². The Kier molecular flexibility index (Phi) is 5.69. The van der Waals surface area contributed by atoms with E-state index in [1.54, 1.807) is 30.3 Å². The molecule has 0 atom stereocenters. The lowest BCUT2D eigenvalue weighted by Crippen LogP contribution is -2.27. The zero-order valence-corrected chi connectivity index (χ0v) is 16.8. The van der Waals surface area contributed by atoms with E-state index in [0.717, 1.165) is 28.6 Å². The molecule has 2 amide bonds. The topological polar surface area (TPSA) is 46.6 Å². The van der Waals surface area contributed by atoms with Crippen molar-refractivity contribution in [2.75, 3.05) is 0 Å². The number of para-hydroxylation sites is 1. The highest BCUT2D eigenvalue weighted by Crippen LogP contribution is 2.34. The zero-order chi connectivity index (χ0) is 20.2. The molecule has 4 nitrogen and oxygen atoms in total. The van der Waals surface area contributed by atoms with Crippen LogP contribution < -0.4 is 4.74 Å². The molecule has 29 heavy (non-hydrogen) atoms. The van der Waals surface area contributed by atoms with Gasteiger partial charge in [-0.1, -0.05) is 54.1 Å². The highest BCUT2D eigenvalue weighted by atomic mass is 35.5. The number of benzene rings is 3. The lowest BCUT2D eigenvalue weighted by atomic mass is 10.2. The minimum Gasteiger partial charge on any atom is -0.457 e. The number of carbonyl (C=O) groups excluding carboxylic acids is 2. The summed E-state index contributed by atoms with van der Waals surface area (Å²) in [7, 11) is 0. The Labute approximate surface area is 177 Å². The second kappa shape index (κ2) is 8.55. The third-order valence-corrected chi connectivity index (χ3v) is 5.42. The SMILES string of the molecule is O=C1S/C(=C/c2cccc(Oc3ccccc3)c2)C(=O)N1Cc1ccc(Cl)cc1. The summed E-state index contributed by atoms with van der Waals surface area (Å²) < 4.78 is 5.83. The van der Waals surface area contributed by atoms with Crippen LogP contribution in [0.15, 0.2) is 83.8 Å². The van der Waals surface area contributed by atoms with Crippen molar-refractivity contribution in [3.05, 3.63) is 99.9 Å². The van der Waals surface area contributed by atoms with Crippen LogP contribution >= 0.6 is 23.4 Å². The van der Waals surface area contributed by atoms with Crippen molar-refractivity contribution in [1.82, 2.24) is 4.90 Å². The van der Waals surface area contributed by atoms with Crippen molar-refractivity contribution in [2.24, 2.45) is 0 Å². The van der Waals surface area contributed by atoms with Gasteiger partial charge in [-0.2, -0.15) is 0 Å². The second-order valence-corrected chi connectivity index (χ2v) is 7.81. The molecule has 0 saturated carbocycles. The largest absolute Gasteiger partial charge is 0.457 e. The van der Waals surface area contributed by atoms with Gasteiger partial charge in [-0.25, -0.2) is 0 Å². The third kappa shape index (κ3) is 4.70. The number of halogens is 1. The second-order valence-electron chi connectivity index (χ2n) is 6.38. The van der Waals surface area contributed by atoms with Crippen LogP contribution in [0, 0.1) is 0 Å². The lowest BCUT2D eigenvalue weighted by molar-refractivity contribution is -0.123. The molecule has 1 aliphatic heterocycles. The first-order chi connectivity index (χ1) is 14.1. The van der Waals surface area contributed by atoms with Crippen LogP contribution in [0.2, 0.25) is 5.02 Å². The van der Waals surface area contributed by atoms with Crippen LogP contribution in [-0.2, 0) is 11.3 Å². The van der Waals surface area contributed by atoms with Crippen LogP contribution in [-0.4, -0.2) is 16.0 Å². The normalized spacial score (nSPS) is 15.2. The van der Waals surface area contributed by atoms with Crippen LogP contribution in [0.3, 0.4) is 0 Å². The van der Waals surface area contributed by atoms with E-state index >= 15 is 0 Å². The predicted molar refractivity (Wildman–Crippen MR) is 116 cm³/mol. The quantitative estimate of drug-likeness (QED) is 0.449. The van der Waals surface area contributed by atoms with E-state index < -0.39 is 0 Å². The first-order valence-electron chi connectivity index (χ1n) is 8.91. The van der Waals surface area contributed by atoms with Crippen molar-refractivity contribution in [1.29, 1.82) is 0 Å². The van der Waals surface area contributed by atoms with Gasteiger partial charge in [0.15, 0.2) is 0 Å². The van der Waals surface area contributed by atoms with E-state index in [-0.39, 0.29) is 17.7 Å². The Morgan fingerprint density at radius 3 is 2.38 bits per heavy atom. The molecule has 0 radical (unpaired) electrons. The number of amides is 2. The molecule has 4 rings (SSSR count). The fraction of sp³-hybridized carbons (Fsp3) is 0.0435. The summed E-state index contributed by atoms with van der Waals surface area (Å²) in [6, 6.07) is 23.9. The van der Waals surface area contributed by atoms with Gasteiger partial charge in [0.05, 0.1) is 11.4 Å². The molecular formula is C23H16ClNO3S. The summed E-state index contributed by atoms with van der Waals surface area (Å²) in [6.07, 6.45) is 1.71. The van der Waals surface area contributed by atoms with Crippen molar-refractivity contribution in [3.63, 3.8) is 0 Å². The van der Waals surface area contributed by atoms with E-state index in [0.29, 0.717) is 15.7 Å². The number of rotatable bonds is 5. The molecule has 6 heteroatoms. The van der Waals surface area contributed by atoms with Crippen LogP contribution in [0.25, 0.3) is 6.08 Å². The van der Waals surface area contributed by atoms with Crippen molar-refractivity contribution >= 4 is 40.6 Å². The van der Waals surface area contributed by atoms with E-state index in [1.807, 2.05) is 54.6 Å². The molecule has 3 aromatic rings. The Bertz CT molecular complexity index is 1080. The van der Waals surface area contributed by atoms with Gasteiger partial charge < -0.3 is 4.74 Å². The highest BCUT2D eigenvalue weighted by molar-refractivity contribution is 8.18. The smallest absolute Gasteiger partial charge is 0.293 e. The summed E-state index contributed by atoms with van der Waals surface area (Å²) in [6.45, 7) is 0.219. The van der Waals surface area contributed by atoms with Crippen LogP contribution in [0.5, 0.6) is 11.5 Å². The molecule has 0 unspecified atom stereocenters. The fourth-order valence-electron chi connectivity index (χ4n) is 2.85. The summed E-state index contributed by atoms with van der Waals surface area (Å²) >= 11 is 6.83. The van der Waals surface area contributed by atoms with Gasteiger partial charge in [0.2, 0.25) is 0 Å². The highest BCUT2D eigenvalue weighted by Gasteiger charge is 2.34. The van der Waals surface area contributed by atoms with Gasteiger partial charge in [0.1, 0.15) is 11.5 Å². The molecule has 0 aliphatic carbocycles. The average molecular weight is 422 g/mol. The minimum absolute atomic E-state index is 0.219. The Hall–Kier alpha value is -3.02. The maximum Gasteiger partial charge on any atom is 0.293 e. The van der Waals surface area contributed by atoms with E-state index in [2.05, 4.69) is 0 Å². The predicted octanol–water partition coefficient (Wildman–Crippen LogP) is 6.37. The molecule has 1 aliphatic rings. The maximum atomic E-state index is 12.7. The summed E-state index contributed by atoms with van der Waals surface area (Å²) in [5.74, 6) is 1.09. The van der Waals surface area contributed by atoms with Crippen LogP contribution in [0.1, 0.15) is 11.1 Å². The molecule has 0 spiro atoms. The number of ether oxygens (including phenoxy) is 1. The summed E-state index contributed by atoms with van der Waals surface area (Å²) in [5.41, 5.74) is 1.63. The summed E-state index contributed by atoms with van der Waals surface area (Å²) in [4.78, 5) is 26.7. The monoisotopic (exact) mass is 421 g/mol. The Morgan fingerprint density at radius 2 is 1.62 bits per heavy atom. The third-order valence-electron chi connectivity index (χ3n) is 4.26. The molecule has 1 heterocycles. The van der Waals surface area contributed by atoms with E-state index in [1.165, 1.54) is 4.90 Å². The molecule has 1 saturated heterocycles. The Balaban J connectivity index is 1.51. The number of hydrogen-bond donors (Lipinski definition) is 0. The van der Waals surface area contributed by atoms with Gasteiger partial charge in [0.25, 0.3) is 11.1 Å². The van der Waals surface area contributed by atoms with Gasteiger partial charge in [-0.05, 0) is 65.4 Å².